The fourth-order valence-corrected chi connectivity index (χ4v) is 2.07. The van der Waals surface area contributed by atoms with Crippen LogP contribution >= 0.6 is 0 Å². The van der Waals surface area contributed by atoms with Crippen molar-refractivity contribution in [2.45, 2.75) is 51.6 Å². The molecule has 19 heavy (non-hydrogen) atoms. The monoisotopic (exact) mass is 272 g/mol. The van der Waals surface area contributed by atoms with Gasteiger partial charge in [0.25, 0.3) is 0 Å². The van der Waals surface area contributed by atoms with Gasteiger partial charge in [0, 0.05) is 18.5 Å². The molecule has 2 N–H and O–H groups in total. The molecule has 0 radical (unpaired) electrons. The zero-order valence-electron chi connectivity index (χ0n) is 12.2. The van der Waals surface area contributed by atoms with E-state index < -0.39 is 11.5 Å². The number of nitrogens with one attached hydrogen (secondary N) is 1. The summed E-state index contributed by atoms with van der Waals surface area (Å²) in [4.78, 5) is 24.6. The van der Waals surface area contributed by atoms with Crippen molar-refractivity contribution in [2.24, 2.45) is 0 Å². The van der Waals surface area contributed by atoms with Crippen LogP contribution in [0.15, 0.2) is 0 Å². The molecule has 0 bridgehead atoms. The molecule has 1 aliphatic rings. The third-order valence-corrected chi connectivity index (χ3v) is 3.30. The summed E-state index contributed by atoms with van der Waals surface area (Å²) in [6.07, 6.45) is 0.443. The van der Waals surface area contributed by atoms with Crippen LogP contribution < -0.4 is 5.32 Å². The Bertz CT molecular complexity index is 353. The van der Waals surface area contributed by atoms with Gasteiger partial charge in [-0.05, 0) is 34.1 Å². The van der Waals surface area contributed by atoms with Crippen LogP contribution in [-0.2, 0) is 9.53 Å². The number of carboxylic acids is 1. The molecule has 6 nitrogen and oxygen atoms in total. The van der Waals surface area contributed by atoms with E-state index in [9.17, 15) is 9.59 Å². The molecule has 2 amide bonds. The maximum Gasteiger partial charge on any atom is 0.318 e. The van der Waals surface area contributed by atoms with E-state index in [0.717, 1.165) is 0 Å². The van der Waals surface area contributed by atoms with Gasteiger partial charge in [0.2, 0.25) is 0 Å². The van der Waals surface area contributed by atoms with Gasteiger partial charge < -0.3 is 20.1 Å². The van der Waals surface area contributed by atoms with E-state index in [0.29, 0.717) is 26.2 Å². The van der Waals surface area contributed by atoms with E-state index in [-0.39, 0.29) is 18.0 Å². The number of nitrogens with zero attached hydrogens (tertiary/aromatic N) is 1. The molecule has 110 valence electrons. The van der Waals surface area contributed by atoms with E-state index in [2.05, 4.69) is 5.32 Å². The molecule has 0 saturated carbocycles. The van der Waals surface area contributed by atoms with E-state index in [4.69, 9.17) is 9.84 Å². The van der Waals surface area contributed by atoms with Crippen LogP contribution in [0.5, 0.6) is 0 Å². The van der Waals surface area contributed by atoms with Crippen molar-refractivity contribution in [3.63, 3.8) is 0 Å². The average molecular weight is 272 g/mol. The van der Waals surface area contributed by atoms with E-state index >= 15 is 0 Å². The average Bonchev–Trinajstić information content (AvgIpc) is 2.25. The molecule has 0 spiro atoms. The molecule has 1 saturated heterocycles. The molecule has 1 aliphatic heterocycles. The highest BCUT2D eigenvalue weighted by atomic mass is 16.5. The van der Waals surface area contributed by atoms with Crippen molar-refractivity contribution in [2.75, 3.05) is 19.8 Å². The standard InChI is InChI=1S/C13H24N2O4/c1-12(2,6-5-10(16)17)14-11(18)15-7-8-19-9-13(15,3)4/h5-9H2,1-4H3,(H,14,18)(H,16,17). The Labute approximate surface area is 114 Å². The molecule has 0 unspecified atom stereocenters. The quantitative estimate of drug-likeness (QED) is 0.812. The fraction of sp³-hybridized carbons (Fsp3) is 0.846. The smallest absolute Gasteiger partial charge is 0.318 e. The van der Waals surface area contributed by atoms with Crippen molar-refractivity contribution in [3.8, 4) is 0 Å². The van der Waals surface area contributed by atoms with Gasteiger partial charge >= 0.3 is 12.0 Å². The number of aliphatic carboxylic acids is 1. The fourth-order valence-electron chi connectivity index (χ4n) is 2.07. The van der Waals surface area contributed by atoms with E-state index in [1.165, 1.54) is 0 Å². The van der Waals surface area contributed by atoms with Gasteiger partial charge in [-0.15, -0.1) is 0 Å². The zero-order valence-corrected chi connectivity index (χ0v) is 12.2. The molecule has 0 aromatic carbocycles. The lowest BCUT2D eigenvalue weighted by atomic mass is 9.98. The first-order valence-electron chi connectivity index (χ1n) is 6.53. The summed E-state index contributed by atoms with van der Waals surface area (Å²) in [6, 6.07) is -0.163. The Morgan fingerprint density at radius 2 is 2.05 bits per heavy atom. The molecule has 0 aromatic heterocycles. The first-order valence-corrected chi connectivity index (χ1v) is 6.53. The molecular weight excluding hydrogens is 248 g/mol. The van der Waals surface area contributed by atoms with E-state index in [1.54, 1.807) is 4.90 Å². The first kappa shape index (κ1) is 15.8. The Morgan fingerprint density at radius 3 is 2.58 bits per heavy atom. The van der Waals surface area contributed by atoms with Gasteiger partial charge in [0.15, 0.2) is 0 Å². The highest BCUT2D eigenvalue weighted by Gasteiger charge is 2.36. The molecule has 1 heterocycles. The van der Waals surface area contributed by atoms with Crippen LogP contribution in [0.1, 0.15) is 40.5 Å². The number of ether oxygens (including phenoxy) is 1. The van der Waals surface area contributed by atoms with Gasteiger partial charge in [-0.25, -0.2) is 4.79 Å². The second kappa shape index (κ2) is 5.77. The predicted molar refractivity (Wildman–Crippen MR) is 71.1 cm³/mol. The number of amides is 2. The second-order valence-electron chi connectivity index (χ2n) is 6.22. The summed E-state index contributed by atoms with van der Waals surface area (Å²) < 4.78 is 5.37. The predicted octanol–water partition coefficient (Wildman–Crippen LogP) is 1.45. The minimum absolute atomic E-state index is 0.0415. The Kier molecular flexibility index (Phi) is 4.79. The van der Waals surface area contributed by atoms with Crippen LogP contribution in [0.2, 0.25) is 0 Å². The van der Waals surface area contributed by atoms with Gasteiger partial charge in [0.1, 0.15) is 0 Å². The number of rotatable bonds is 4. The van der Waals surface area contributed by atoms with Crippen molar-refractivity contribution in [3.05, 3.63) is 0 Å². The van der Waals surface area contributed by atoms with Crippen molar-refractivity contribution in [1.82, 2.24) is 10.2 Å². The van der Waals surface area contributed by atoms with Crippen LogP contribution in [-0.4, -0.2) is 52.8 Å². The third-order valence-electron chi connectivity index (χ3n) is 3.30. The summed E-state index contributed by atoms with van der Waals surface area (Å²) in [5, 5.41) is 11.6. The number of carboxylic acid groups (broad SMARTS) is 1. The lowest BCUT2D eigenvalue weighted by Gasteiger charge is -2.43. The maximum absolute atomic E-state index is 12.3. The SMILES string of the molecule is CC(C)(CCC(=O)O)NC(=O)N1CCOCC1(C)C. The molecule has 6 heteroatoms. The Morgan fingerprint density at radius 1 is 1.42 bits per heavy atom. The number of carbonyl (C=O) groups is 2. The van der Waals surface area contributed by atoms with Gasteiger partial charge in [0.05, 0.1) is 18.8 Å². The summed E-state index contributed by atoms with van der Waals surface area (Å²) >= 11 is 0. The molecule has 0 aromatic rings. The minimum Gasteiger partial charge on any atom is -0.481 e. The minimum atomic E-state index is -0.853. The first-order chi connectivity index (χ1) is 8.64. The molecular formula is C13H24N2O4. The second-order valence-corrected chi connectivity index (χ2v) is 6.22. The van der Waals surface area contributed by atoms with Gasteiger partial charge in [-0.1, -0.05) is 0 Å². The Balaban J connectivity index is 2.60. The largest absolute Gasteiger partial charge is 0.481 e. The summed E-state index contributed by atoms with van der Waals surface area (Å²) in [6.45, 7) is 9.17. The van der Waals surface area contributed by atoms with Gasteiger partial charge in [-0.2, -0.15) is 0 Å². The van der Waals surface area contributed by atoms with Crippen LogP contribution in [0.25, 0.3) is 0 Å². The van der Waals surface area contributed by atoms with Crippen molar-refractivity contribution >= 4 is 12.0 Å². The molecule has 1 fully saturated rings. The number of carbonyl (C=O) groups excluding carboxylic acids is 1. The van der Waals surface area contributed by atoms with E-state index in [1.807, 2.05) is 27.7 Å². The lowest BCUT2D eigenvalue weighted by molar-refractivity contribution is -0.137. The summed E-state index contributed by atoms with van der Waals surface area (Å²) in [5.74, 6) is -0.853. The van der Waals surface area contributed by atoms with Crippen LogP contribution in [0.3, 0.4) is 0 Å². The summed E-state index contributed by atoms with van der Waals surface area (Å²) in [7, 11) is 0. The lowest BCUT2D eigenvalue weighted by Crippen LogP contribution is -2.61. The van der Waals surface area contributed by atoms with Gasteiger partial charge in [-0.3, -0.25) is 4.79 Å². The zero-order chi connectivity index (χ0) is 14.7. The molecule has 0 aliphatic carbocycles. The van der Waals surface area contributed by atoms with Crippen molar-refractivity contribution < 1.29 is 19.4 Å². The van der Waals surface area contributed by atoms with Crippen LogP contribution in [0.4, 0.5) is 4.79 Å². The maximum atomic E-state index is 12.3. The highest BCUT2D eigenvalue weighted by molar-refractivity contribution is 5.76. The summed E-state index contributed by atoms with van der Waals surface area (Å²) in [5.41, 5.74) is -0.880. The normalized spacial score (nSPS) is 19.1. The third kappa shape index (κ3) is 4.70. The Hall–Kier alpha value is -1.30. The number of urea groups is 1. The van der Waals surface area contributed by atoms with Crippen molar-refractivity contribution in [1.29, 1.82) is 0 Å². The molecule has 1 rings (SSSR count). The number of hydrogen-bond donors (Lipinski definition) is 2. The molecule has 0 atom stereocenters. The highest BCUT2D eigenvalue weighted by Crippen LogP contribution is 2.20. The number of morpholine rings is 1. The number of hydrogen-bond acceptors (Lipinski definition) is 3. The topological polar surface area (TPSA) is 78.9 Å². The van der Waals surface area contributed by atoms with Crippen LogP contribution in [0, 0.1) is 0 Å².